The van der Waals surface area contributed by atoms with Gasteiger partial charge in [0.1, 0.15) is 5.82 Å². The van der Waals surface area contributed by atoms with Gasteiger partial charge in [0, 0.05) is 26.1 Å². The number of hydrogen-bond acceptors (Lipinski definition) is 2. The van der Waals surface area contributed by atoms with Crippen LogP contribution >= 0.6 is 0 Å². The molecule has 1 aromatic rings. The third-order valence-corrected chi connectivity index (χ3v) is 3.78. The first-order chi connectivity index (χ1) is 9.41. The van der Waals surface area contributed by atoms with Crippen LogP contribution in [0.4, 0.5) is 14.9 Å². The summed E-state index contributed by atoms with van der Waals surface area (Å²) in [4.78, 5) is 25.8. The van der Waals surface area contributed by atoms with Gasteiger partial charge in [-0.3, -0.25) is 9.69 Å². The maximum absolute atomic E-state index is 13.6. The molecule has 6 heteroatoms. The number of carboxylic acid groups (broad SMARTS) is 1. The molecule has 0 saturated carbocycles. The molecule has 108 valence electrons. The molecule has 1 atom stereocenters. The molecule has 0 spiro atoms. The van der Waals surface area contributed by atoms with Crippen molar-refractivity contribution in [3.8, 4) is 0 Å². The van der Waals surface area contributed by atoms with Crippen molar-refractivity contribution < 1.29 is 19.1 Å². The molecule has 1 heterocycles. The Morgan fingerprint density at radius 1 is 1.40 bits per heavy atom. The van der Waals surface area contributed by atoms with Gasteiger partial charge in [0.15, 0.2) is 0 Å². The van der Waals surface area contributed by atoms with Crippen molar-refractivity contribution >= 4 is 17.7 Å². The largest absolute Gasteiger partial charge is 0.481 e. The van der Waals surface area contributed by atoms with E-state index in [-0.39, 0.29) is 17.6 Å². The first-order valence-corrected chi connectivity index (χ1v) is 6.41. The second-order valence-corrected chi connectivity index (χ2v) is 5.08. The summed E-state index contributed by atoms with van der Waals surface area (Å²) in [5.74, 6) is -1.83. The van der Waals surface area contributed by atoms with E-state index in [9.17, 15) is 14.0 Å². The number of carbonyl (C=O) groups is 2. The summed E-state index contributed by atoms with van der Waals surface area (Å²) in [5, 5.41) is 8.90. The topological polar surface area (TPSA) is 60.9 Å². The first-order valence-electron chi connectivity index (χ1n) is 6.41. The first kappa shape index (κ1) is 14.3. The minimum absolute atomic E-state index is 0.0366. The Hall–Kier alpha value is -2.11. The molecular formula is C14H17FN2O3. The highest BCUT2D eigenvalue weighted by Gasteiger charge is 2.38. The summed E-state index contributed by atoms with van der Waals surface area (Å²) in [5.41, 5.74) is 0.215. The zero-order valence-corrected chi connectivity index (χ0v) is 11.4. The van der Waals surface area contributed by atoms with Crippen molar-refractivity contribution in [3.63, 3.8) is 0 Å². The summed E-state index contributed by atoms with van der Waals surface area (Å²) < 4.78 is 13.6. The molecular weight excluding hydrogens is 263 g/mol. The summed E-state index contributed by atoms with van der Waals surface area (Å²) in [7, 11) is 1.51. The summed E-state index contributed by atoms with van der Waals surface area (Å²) >= 11 is 0. The van der Waals surface area contributed by atoms with E-state index in [2.05, 4.69) is 0 Å². The van der Waals surface area contributed by atoms with E-state index in [1.807, 2.05) is 0 Å². The number of nitrogens with zero attached hydrogens (tertiary/aromatic N) is 2. The molecule has 2 amide bonds. The van der Waals surface area contributed by atoms with Crippen LogP contribution in [0.1, 0.15) is 6.92 Å². The predicted octanol–water partition coefficient (Wildman–Crippen LogP) is 2.03. The Kier molecular flexibility index (Phi) is 3.92. The van der Waals surface area contributed by atoms with Gasteiger partial charge in [-0.05, 0) is 12.1 Å². The number of para-hydroxylation sites is 1. The fourth-order valence-electron chi connectivity index (χ4n) is 2.23. The highest BCUT2D eigenvalue weighted by Crippen LogP contribution is 2.27. The molecule has 0 radical (unpaired) electrons. The lowest BCUT2D eigenvalue weighted by Gasteiger charge is -2.42. The average Bonchev–Trinajstić information content (AvgIpc) is 2.36. The highest BCUT2D eigenvalue weighted by atomic mass is 19.1. The predicted molar refractivity (Wildman–Crippen MR) is 72.1 cm³/mol. The zero-order valence-electron chi connectivity index (χ0n) is 11.4. The number of halogens is 1. The van der Waals surface area contributed by atoms with Crippen molar-refractivity contribution in [3.05, 3.63) is 30.1 Å². The third-order valence-electron chi connectivity index (χ3n) is 3.78. The maximum atomic E-state index is 13.6. The van der Waals surface area contributed by atoms with E-state index < -0.39 is 17.7 Å². The van der Waals surface area contributed by atoms with Gasteiger partial charge in [0.2, 0.25) is 0 Å². The Morgan fingerprint density at radius 2 is 2.00 bits per heavy atom. The van der Waals surface area contributed by atoms with Gasteiger partial charge < -0.3 is 10.0 Å². The number of benzene rings is 1. The Bertz CT molecular complexity index is 529. The average molecular weight is 280 g/mol. The third kappa shape index (κ3) is 2.59. The van der Waals surface area contributed by atoms with Crippen molar-refractivity contribution in [1.82, 2.24) is 4.90 Å². The van der Waals surface area contributed by atoms with E-state index in [4.69, 9.17) is 5.11 Å². The molecule has 1 N–H and O–H groups in total. The second-order valence-electron chi connectivity index (χ2n) is 5.08. The fourth-order valence-corrected chi connectivity index (χ4v) is 2.23. The summed E-state index contributed by atoms with van der Waals surface area (Å²) in [6.45, 7) is 2.42. The highest BCUT2D eigenvalue weighted by molar-refractivity contribution is 5.92. The molecule has 1 aliphatic heterocycles. The van der Waals surface area contributed by atoms with Gasteiger partial charge in [0.05, 0.1) is 11.6 Å². The van der Waals surface area contributed by atoms with E-state index in [0.29, 0.717) is 13.1 Å². The minimum atomic E-state index is -0.857. The molecule has 1 aromatic carbocycles. The van der Waals surface area contributed by atoms with Crippen LogP contribution in [0.2, 0.25) is 0 Å². The van der Waals surface area contributed by atoms with Gasteiger partial charge in [0.25, 0.3) is 0 Å². The minimum Gasteiger partial charge on any atom is -0.481 e. The standard InChI is InChI=1S/C14H17FN2O3/c1-9(13(18)19)10-7-17(8-10)14(20)16(2)12-6-4-3-5-11(12)15/h3-6,9-10H,7-8H2,1-2H3,(H,18,19). The molecule has 20 heavy (non-hydrogen) atoms. The molecule has 1 unspecified atom stereocenters. The molecule has 2 rings (SSSR count). The smallest absolute Gasteiger partial charge is 0.324 e. The number of amides is 2. The number of hydrogen-bond donors (Lipinski definition) is 1. The normalized spacial score (nSPS) is 16.4. The fraction of sp³-hybridized carbons (Fsp3) is 0.429. The van der Waals surface area contributed by atoms with Crippen LogP contribution in [0.5, 0.6) is 0 Å². The number of carboxylic acids is 1. The van der Waals surface area contributed by atoms with Gasteiger partial charge in [-0.15, -0.1) is 0 Å². The van der Waals surface area contributed by atoms with E-state index in [0.717, 1.165) is 0 Å². The van der Waals surface area contributed by atoms with Gasteiger partial charge in [-0.1, -0.05) is 19.1 Å². The lowest BCUT2D eigenvalue weighted by Crippen LogP contribution is -2.56. The lowest BCUT2D eigenvalue weighted by atomic mass is 9.87. The number of likely N-dealkylation sites (tertiary alicyclic amines) is 1. The SMILES string of the molecule is CC(C(=O)O)C1CN(C(=O)N(C)c2ccccc2F)C1. The monoisotopic (exact) mass is 280 g/mol. The second kappa shape index (κ2) is 5.48. The van der Waals surface area contributed by atoms with Crippen LogP contribution < -0.4 is 4.90 Å². The van der Waals surface area contributed by atoms with Crippen molar-refractivity contribution in [1.29, 1.82) is 0 Å². The van der Waals surface area contributed by atoms with Crippen molar-refractivity contribution in [2.45, 2.75) is 6.92 Å². The van der Waals surface area contributed by atoms with E-state index >= 15 is 0 Å². The number of anilines is 1. The van der Waals surface area contributed by atoms with Crippen LogP contribution in [0, 0.1) is 17.7 Å². The molecule has 5 nitrogen and oxygen atoms in total. The molecule has 1 saturated heterocycles. The van der Waals surface area contributed by atoms with E-state index in [1.54, 1.807) is 19.1 Å². The van der Waals surface area contributed by atoms with Crippen LogP contribution in [0.15, 0.2) is 24.3 Å². The van der Waals surface area contributed by atoms with Crippen LogP contribution in [0.3, 0.4) is 0 Å². The molecule has 0 bridgehead atoms. The zero-order chi connectivity index (χ0) is 14.9. The van der Waals surface area contributed by atoms with E-state index in [1.165, 1.54) is 29.0 Å². The lowest BCUT2D eigenvalue weighted by molar-refractivity contribution is -0.144. The maximum Gasteiger partial charge on any atom is 0.324 e. The van der Waals surface area contributed by atoms with Gasteiger partial charge >= 0.3 is 12.0 Å². The van der Waals surface area contributed by atoms with Crippen LogP contribution in [-0.4, -0.2) is 42.1 Å². The molecule has 0 aliphatic carbocycles. The number of urea groups is 1. The Labute approximate surface area is 116 Å². The Morgan fingerprint density at radius 3 is 2.55 bits per heavy atom. The Balaban J connectivity index is 1.97. The quantitative estimate of drug-likeness (QED) is 0.921. The number of aliphatic carboxylic acids is 1. The van der Waals surface area contributed by atoms with Gasteiger partial charge in [-0.2, -0.15) is 0 Å². The number of rotatable bonds is 3. The van der Waals surface area contributed by atoms with Gasteiger partial charge in [-0.25, -0.2) is 9.18 Å². The number of carbonyl (C=O) groups excluding carboxylic acids is 1. The molecule has 1 fully saturated rings. The van der Waals surface area contributed by atoms with Crippen LogP contribution in [0.25, 0.3) is 0 Å². The van der Waals surface area contributed by atoms with Crippen LogP contribution in [-0.2, 0) is 4.79 Å². The summed E-state index contributed by atoms with van der Waals surface area (Å²) in [6.07, 6.45) is 0. The molecule has 0 aromatic heterocycles. The molecule has 1 aliphatic rings. The van der Waals surface area contributed by atoms with Crippen molar-refractivity contribution in [2.24, 2.45) is 11.8 Å². The summed E-state index contributed by atoms with van der Waals surface area (Å²) in [6, 6.07) is 5.73. The van der Waals surface area contributed by atoms with Crippen molar-refractivity contribution in [2.75, 3.05) is 25.0 Å².